The first-order valence-corrected chi connectivity index (χ1v) is 10.1. The lowest BCUT2D eigenvalue weighted by atomic mass is 9.65. The van der Waals surface area contributed by atoms with Gasteiger partial charge in [-0.05, 0) is 25.7 Å². The van der Waals surface area contributed by atoms with Crippen molar-refractivity contribution in [1.29, 1.82) is 0 Å². The Labute approximate surface area is 165 Å². The topological polar surface area (TPSA) is 92.8 Å². The lowest BCUT2D eigenvalue weighted by molar-refractivity contribution is -0.150. The largest absolute Gasteiger partial charge is 0.453 e. The number of nitrogens with zero attached hydrogens (tertiary/aromatic N) is 1. The minimum absolute atomic E-state index is 0.0170. The van der Waals surface area contributed by atoms with Gasteiger partial charge in [-0.25, -0.2) is 4.79 Å². The molecule has 3 fully saturated rings. The van der Waals surface area contributed by atoms with Crippen molar-refractivity contribution in [3.05, 3.63) is 24.9 Å². The van der Waals surface area contributed by atoms with Crippen LogP contribution in [-0.4, -0.2) is 41.2 Å². The third-order valence-corrected chi connectivity index (χ3v) is 6.26. The van der Waals surface area contributed by atoms with Gasteiger partial charge in [0.25, 0.3) is 0 Å². The van der Waals surface area contributed by atoms with Gasteiger partial charge in [0.05, 0.1) is 11.3 Å². The number of hydrogen-bond donors (Lipinski definition) is 1. The van der Waals surface area contributed by atoms with E-state index in [1.807, 2.05) is 0 Å². The fourth-order valence-corrected chi connectivity index (χ4v) is 4.67. The Morgan fingerprint density at radius 3 is 2.79 bits per heavy atom. The minimum atomic E-state index is -0.853. The van der Waals surface area contributed by atoms with E-state index in [2.05, 4.69) is 18.5 Å². The minimum Gasteiger partial charge on any atom is -0.453 e. The van der Waals surface area contributed by atoms with Crippen LogP contribution in [0.2, 0.25) is 0 Å². The number of ether oxygens (including phenoxy) is 1. The first-order valence-electron chi connectivity index (χ1n) is 10.1. The monoisotopic (exact) mass is 388 g/mol. The van der Waals surface area contributed by atoms with Crippen molar-refractivity contribution in [3.8, 4) is 0 Å². The Bertz CT molecular complexity index is 716. The predicted octanol–water partition coefficient (Wildman–Crippen LogP) is 2.22. The second-order valence-corrected chi connectivity index (χ2v) is 7.96. The summed E-state index contributed by atoms with van der Waals surface area (Å²) in [5.74, 6) is -1.72. The highest BCUT2D eigenvalue weighted by Gasteiger charge is 2.56. The van der Waals surface area contributed by atoms with Crippen molar-refractivity contribution in [2.45, 2.75) is 63.9 Å². The summed E-state index contributed by atoms with van der Waals surface area (Å²) < 4.78 is 5.55. The number of nitrogens with one attached hydrogen (secondary N) is 1. The number of imide groups is 1. The molecular formula is C21H28N2O5. The van der Waals surface area contributed by atoms with E-state index in [4.69, 9.17) is 4.74 Å². The highest BCUT2D eigenvalue weighted by Crippen LogP contribution is 2.48. The van der Waals surface area contributed by atoms with Crippen LogP contribution in [0.1, 0.15) is 57.8 Å². The van der Waals surface area contributed by atoms with E-state index in [0.717, 1.165) is 32.1 Å². The molecule has 3 rings (SSSR count). The van der Waals surface area contributed by atoms with Gasteiger partial charge < -0.3 is 9.64 Å². The van der Waals surface area contributed by atoms with Crippen molar-refractivity contribution >= 4 is 23.7 Å². The van der Waals surface area contributed by atoms with Crippen LogP contribution in [-0.2, 0) is 23.9 Å². The van der Waals surface area contributed by atoms with E-state index in [-0.39, 0.29) is 35.8 Å². The number of carbonyl (C=O) groups is 4. The summed E-state index contributed by atoms with van der Waals surface area (Å²) >= 11 is 0. The zero-order valence-corrected chi connectivity index (χ0v) is 16.2. The molecule has 3 amide bonds. The van der Waals surface area contributed by atoms with Crippen molar-refractivity contribution in [3.63, 3.8) is 0 Å². The SMILES string of the molecule is C=CC(CC12CCCCC1C(=O)NC2=O)OC(=O)C(=C)N1CCCCCC1=O. The summed E-state index contributed by atoms with van der Waals surface area (Å²) in [4.78, 5) is 51.0. The summed E-state index contributed by atoms with van der Waals surface area (Å²) in [7, 11) is 0. The molecule has 1 N–H and O–H groups in total. The van der Waals surface area contributed by atoms with E-state index in [1.54, 1.807) is 0 Å². The fraction of sp³-hybridized carbons (Fsp3) is 0.619. The van der Waals surface area contributed by atoms with Crippen LogP contribution in [0.4, 0.5) is 0 Å². The van der Waals surface area contributed by atoms with Crippen LogP contribution in [0.15, 0.2) is 24.9 Å². The van der Waals surface area contributed by atoms with E-state index in [1.165, 1.54) is 11.0 Å². The van der Waals surface area contributed by atoms with Gasteiger partial charge in [0.15, 0.2) is 0 Å². The number of amides is 3. The summed E-state index contributed by atoms with van der Waals surface area (Å²) in [6.45, 7) is 7.94. The van der Waals surface area contributed by atoms with Gasteiger partial charge in [0, 0.05) is 19.4 Å². The maximum atomic E-state index is 12.6. The van der Waals surface area contributed by atoms with Crippen molar-refractivity contribution in [2.75, 3.05) is 6.54 Å². The Kier molecular flexibility index (Phi) is 6.01. The Hall–Kier alpha value is -2.44. The Balaban J connectivity index is 1.69. The maximum Gasteiger partial charge on any atom is 0.355 e. The number of carbonyl (C=O) groups excluding carboxylic acids is 4. The Morgan fingerprint density at radius 1 is 1.25 bits per heavy atom. The van der Waals surface area contributed by atoms with Crippen molar-refractivity contribution in [2.24, 2.45) is 11.3 Å². The summed E-state index contributed by atoms with van der Waals surface area (Å²) in [5, 5.41) is 2.45. The molecule has 0 spiro atoms. The van der Waals surface area contributed by atoms with Gasteiger partial charge in [0.2, 0.25) is 17.7 Å². The molecule has 2 aliphatic heterocycles. The zero-order valence-electron chi connectivity index (χ0n) is 16.2. The van der Waals surface area contributed by atoms with Gasteiger partial charge in [0.1, 0.15) is 11.8 Å². The van der Waals surface area contributed by atoms with E-state index >= 15 is 0 Å². The Morgan fingerprint density at radius 2 is 2.04 bits per heavy atom. The molecule has 0 bridgehead atoms. The lowest BCUT2D eigenvalue weighted by Crippen LogP contribution is -2.41. The zero-order chi connectivity index (χ0) is 20.3. The molecule has 1 saturated carbocycles. The molecule has 2 saturated heterocycles. The average Bonchev–Trinajstić information content (AvgIpc) is 2.81. The molecule has 3 atom stereocenters. The van der Waals surface area contributed by atoms with E-state index < -0.39 is 17.5 Å². The van der Waals surface area contributed by atoms with Crippen LogP contribution in [0.3, 0.4) is 0 Å². The summed E-state index contributed by atoms with van der Waals surface area (Å²) in [6, 6.07) is 0. The summed E-state index contributed by atoms with van der Waals surface area (Å²) in [5.41, 5.74) is -0.836. The predicted molar refractivity (Wildman–Crippen MR) is 102 cm³/mol. The number of rotatable bonds is 6. The first kappa shape index (κ1) is 20.3. The number of fused-ring (bicyclic) bond motifs is 1. The molecule has 0 radical (unpaired) electrons. The molecule has 0 aromatic rings. The molecule has 28 heavy (non-hydrogen) atoms. The highest BCUT2D eigenvalue weighted by atomic mass is 16.5. The van der Waals surface area contributed by atoms with Gasteiger partial charge >= 0.3 is 5.97 Å². The maximum absolute atomic E-state index is 12.6. The van der Waals surface area contributed by atoms with Gasteiger partial charge in [-0.1, -0.05) is 38.5 Å². The third kappa shape index (κ3) is 3.75. The first-order chi connectivity index (χ1) is 13.4. The molecular weight excluding hydrogens is 360 g/mol. The van der Waals surface area contributed by atoms with E-state index in [9.17, 15) is 19.2 Å². The lowest BCUT2D eigenvalue weighted by Gasteiger charge is -2.37. The third-order valence-electron chi connectivity index (χ3n) is 6.26. The van der Waals surface area contributed by atoms with Crippen LogP contribution >= 0.6 is 0 Å². The van der Waals surface area contributed by atoms with Crippen LogP contribution in [0.5, 0.6) is 0 Å². The number of hydrogen-bond acceptors (Lipinski definition) is 5. The standard InChI is InChI=1S/C21H28N2O5/c1-3-15(13-21-11-7-6-9-16(21)18(25)22-20(21)27)28-19(26)14(2)23-12-8-4-5-10-17(23)24/h3,15-16H,1-2,4-13H2,(H,22,25,27). The quantitative estimate of drug-likeness (QED) is 0.326. The second-order valence-electron chi connectivity index (χ2n) is 7.96. The van der Waals surface area contributed by atoms with Gasteiger partial charge in [-0.2, -0.15) is 0 Å². The smallest absolute Gasteiger partial charge is 0.355 e. The molecule has 7 heteroatoms. The van der Waals surface area contributed by atoms with E-state index in [0.29, 0.717) is 25.8 Å². The number of likely N-dealkylation sites (tertiary alicyclic amines) is 1. The number of esters is 1. The molecule has 3 unspecified atom stereocenters. The van der Waals surface area contributed by atoms with Crippen LogP contribution in [0, 0.1) is 11.3 Å². The molecule has 3 aliphatic rings. The summed E-state index contributed by atoms with van der Waals surface area (Å²) in [6.07, 6.45) is 6.91. The molecule has 0 aromatic carbocycles. The normalized spacial score (nSPS) is 28.8. The second kappa shape index (κ2) is 8.29. The molecule has 0 aromatic heterocycles. The van der Waals surface area contributed by atoms with Crippen molar-refractivity contribution in [1.82, 2.24) is 10.2 Å². The molecule has 1 aliphatic carbocycles. The van der Waals surface area contributed by atoms with Gasteiger partial charge in [-0.15, -0.1) is 0 Å². The molecule has 2 heterocycles. The highest BCUT2D eigenvalue weighted by molar-refractivity contribution is 6.07. The average molecular weight is 388 g/mol. The molecule has 7 nitrogen and oxygen atoms in total. The fourth-order valence-electron chi connectivity index (χ4n) is 4.67. The van der Waals surface area contributed by atoms with Crippen LogP contribution in [0.25, 0.3) is 0 Å². The van der Waals surface area contributed by atoms with Crippen molar-refractivity contribution < 1.29 is 23.9 Å². The van der Waals surface area contributed by atoms with Crippen LogP contribution < -0.4 is 5.32 Å². The van der Waals surface area contributed by atoms with Gasteiger partial charge in [-0.3, -0.25) is 19.7 Å². The molecule has 152 valence electrons.